The lowest BCUT2D eigenvalue weighted by Crippen LogP contribution is -2.41. The summed E-state index contributed by atoms with van der Waals surface area (Å²) < 4.78 is 27.6. The van der Waals surface area contributed by atoms with E-state index in [9.17, 15) is 9.18 Å². The van der Waals surface area contributed by atoms with Gasteiger partial charge in [-0.2, -0.15) is 0 Å². The lowest BCUT2D eigenvalue weighted by atomic mass is 10.1. The van der Waals surface area contributed by atoms with Gasteiger partial charge in [0.05, 0.1) is 31.6 Å². The Balaban J connectivity index is 1.49. The molecular formula is C25H30FN5O3. The van der Waals surface area contributed by atoms with Crippen molar-refractivity contribution >= 4 is 5.95 Å². The summed E-state index contributed by atoms with van der Waals surface area (Å²) in [4.78, 5) is 25.2. The zero-order chi connectivity index (χ0) is 24.1. The Bertz CT molecular complexity index is 1170. The van der Waals surface area contributed by atoms with Crippen molar-refractivity contribution in [1.82, 2.24) is 19.4 Å². The van der Waals surface area contributed by atoms with Crippen LogP contribution in [0.2, 0.25) is 0 Å². The molecule has 3 aromatic rings. The van der Waals surface area contributed by atoms with E-state index < -0.39 is 5.82 Å². The van der Waals surface area contributed by atoms with Crippen LogP contribution in [-0.4, -0.2) is 66.4 Å². The number of morpholine rings is 1. The summed E-state index contributed by atoms with van der Waals surface area (Å²) in [5.74, 6) is 0.789. The van der Waals surface area contributed by atoms with Gasteiger partial charge in [-0.3, -0.25) is 14.3 Å². The number of nitrogens with zero attached hydrogens (tertiary/aromatic N) is 5. The van der Waals surface area contributed by atoms with Gasteiger partial charge in [0.25, 0.3) is 5.56 Å². The lowest BCUT2D eigenvalue weighted by molar-refractivity contribution is 0.0389. The molecule has 8 nitrogen and oxygen atoms in total. The molecule has 34 heavy (non-hydrogen) atoms. The van der Waals surface area contributed by atoms with E-state index in [1.165, 1.54) is 22.9 Å². The first-order chi connectivity index (χ1) is 16.4. The molecule has 1 fully saturated rings. The average Bonchev–Trinajstić information content (AvgIpc) is 2.84. The summed E-state index contributed by atoms with van der Waals surface area (Å²) >= 11 is 0. The highest BCUT2D eigenvalue weighted by Crippen LogP contribution is 2.27. The fourth-order valence-electron chi connectivity index (χ4n) is 3.91. The SMILES string of the molecule is CN(C)CCCOc1ccc([C@H]2CN(c3nc(-c4ccncc4F)cc(=O)n3C)CCO2)cc1. The van der Waals surface area contributed by atoms with Crippen LogP contribution in [0.4, 0.5) is 10.3 Å². The molecule has 0 saturated carbocycles. The van der Waals surface area contributed by atoms with Crippen molar-refractivity contribution in [1.29, 1.82) is 0 Å². The molecule has 0 amide bonds. The second-order valence-corrected chi connectivity index (χ2v) is 8.57. The molecule has 0 unspecified atom stereocenters. The number of pyridine rings is 1. The summed E-state index contributed by atoms with van der Waals surface area (Å²) in [6.07, 6.45) is 3.38. The van der Waals surface area contributed by atoms with Gasteiger partial charge in [0.1, 0.15) is 11.9 Å². The Morgan fingerprint density at radius 1 is 1.24 bits per heavy atom. The fraction of sp³-hybridized carbons (Fsp3) is 0.400. The van der Waals surface area contributed by atoms with Crippen LogP contribution in [0.1, 0.15) is 18.1 Å². The summed E-state index contributed by atoms with van der Waals surface area (Å²) in [5, 5.41) is 0. The predicted molar refractivity (Wildman–Crippen MR) is 129 cm³/mol. The number of anilines is 1. The van der Waals surface area contributed by atoms with E-state index in [0.717, 1.165) is 30.5 Å². The molecule has 1 aliphatic heterocycles. The molecule has 0 spiro atoms. The van der Waals surface area contributed by atoms with Crippen LogP contribution in [0.5, 0.6) is 5.75 Å². The van der Waals surface area contributed by atoms with Gasteiger partial charge in [-0.1, -0.05) is 12.1 Å². The van der Waals surface area contributed by atoms with E-state index in [1.807, 2.05) is 43.3 Å². The van der Waals surface area contributed by atoms with E-state index >= 15 is 0 Å². The maximum absolute atomic E-state index is 14.3. The summed E-state index contributed by atoms with van der Waals surface area (Å²) in [5.41, 5.74) is 1.30. The summed E-state index contributed by atoms with van der Waals surface area (Å²) in [6.45, 7) is 3.23. The van der Waals surface area contributed by atoms with Crippen LogP contribution < -0.4 is 15.2 Å². The third kappa shape index (κ3) is 5.60. The number of halogens is 1. The molecule has 9 heteroatoms. The fourth-order valence-corrected chi connectivity index (χ4v) is 3.91. The molecule has 0 radical (unpaired) electrons. The van der Waals surface area contributed by atoms with Crippen molar-refractivity contribution in [2.45, 2.75) is 12.5 Å². The van der Waals surface area contributed by atoms with Gasteiger partial charge in [0, 0.05) is 38.0 Å². The predicted octanol–water partition coefficient (Wildman–Crippen LogP) is 2.89. The highest BCUT2D eigenvalue weighted by molar-refractivity contribution is 5.60. The number of rotatable bonds is 8. The monoisotopic (exact) mass is 467 g/mol. The molecule has 0 aliphatic carbocycles. The molecule has 1 saturated heterocycles. The van der Waals surface area contributed by atoms with Crippen LogP contribution in [0, 0.1) is 5.82 Å². The maximum Gasteiger partial charge on any atom is 0.255 e. The summed E-state index contributed by atoms with van der Waals surface area (Å²) in [6, 6.07) is 10.8. The Morgan fingerprint density at radius 2 is 2.03 bits per heavy atom. The average molecular weight is 468 g/mol. The van der Waals surface area contributed by atoms with Crippen LogP contribution in [0.25, 0.3) is 11.3 Å². The second kappa shape index (κ2) is 10.8. The second-order valence-electron chi connectivity index (χ2n) is 8.57. The highest BCUT2D eigenvalue weighted by atomic mass is 19.1. The molecule has 3 heterocycles. The third-order valence-electron chi connectivity index (χ3n) is 5.78. The number of ether oxygens (including phenoxy) is 2. The van der Waals surface area contributed by atoms with Gasteiger partial charge in [-0.25, -0.2) is 9.37 Å². The van der Waals surface area contributed by atoms with Gasteiger partial charge in [0.2, 0.25) is 5.95 Å². The number of benzene rings is 1. The van der Waals surface area contributed by atoms with Gasteiger partial charge in [-0.15, -0.1) is 0 Å². The molecule has 1 aliphatic rings. The van der Waals surface area contributed by atoms with Crippen molar-refractivity contribution in [2.75, 3.05) is 51.8 Å². The smallest absolute Gasteiger partial charge is 0.255 e. The van der Waals surface area contributed by atoms with E-state index in [1.54, 1.807) is 7.05 Å². The van der Waals surface area contributed by atoms with Crippen molar-refractivity contribution in [2.24, 2.45) is 7.05 Å². The Morgan fingerprint density at radius 3 is 2.76 bits per heavy atom. The standard InChI is InChI=1S/C25H30FN5O3/c1-29(2)11-4-13-33-19-7-5-18(6-8-19)23-17-31(12-14-34-23)25-28-22(15-24(32)30(25)3)20-9-10-27-16-21(20)26/h5-10,15-16,23H,4,11-14,17H2,1-3H3/t23-/m1/s1. The van der Waals surface area contributed by atoms with Crippen molar-refractivity contribution in [3.05, 3.63) is 70.5 Å². The Hall–Kier alpha value is -3.30. The van der Waals surface area contributed by atoms with Gasteiger partial charge in [0.15, 0.2) is 5.82 Å². The largest absolute Gasteiger partial charge is 0.494 e. The molecule has 1 atom stereocenters. The molecule has 0 N–H and O–H groups in total. The zero-order valence-electron chi connectivity index (χ0n) is 19.8. The number of hydrogen-bond acceptors (Lipinski definition) is 7. The molecule has 0 bridgehead atoms. The minimum Gasteiger partial charge on any atom is -0.494 e. The summed E-state index contributed by atoms with van der Waals surface area (Å²) in [7, 11) is 5.76. The van der Waals surface area contributed by atoms with Crippen molar-refractivity contribution in [3.63, 3.8) is 0 Å². The first kappa shape index (κ1) is 23.8. The van der Waals surface area contributed by atoms with Gasteiger partial charge in [-0.05, 0) is 44.3 Å². The van der Waals surface area contributed by atoms with Crippen molar-refractivity contribution in [3.8, 4) is 17.0 Å². The Labute approximate surface area is 198 Å². The van der Waals surface area contributed by atoms with Gasteiger partial charge < -0.3 is 19.3 Å². The zero-order valence-corrected chi connectivity index (χ0v) is 19.8. The first-order valence-electron chi connectivity index (χ1n) is 11.3. The quantitative estimate of drug-likeness (QED) is 0.472. The maximum atomic E-state index is 14.3. The Kier molecular flexibility index (Phi) is 7.54. The van der Waals surface area contributed by atoms with Crippen LogP contribution >= 0.6 is 0 Å². The topological polar surface area (TPSA) is 72.7 Å². The highest BCUT2D eigenvalue weighted by Gasteiger charge is 2.25. The number of hydrogen-bond donors (Lipinski definition) is 0. The van der Waals surface area contributed by atoms with E-state index in [-0.39, 0.29) is 22.9 Å². The third-order valence-corrected chi connectivity index (χ3v) is 5.78. The minimum absolute atomic E-state index is 0.185. The molecule has 2 aromatic heterocycles. The van der Waals surface area contributed by atoms with Crippen molar-refractivity contribution < 1.29 is 13.9 Å². The molecular weight excluding hydrogens is 437 g/mol. The molecule has 1 aromatic carbocycles. The molecule has 180 valence electrons. The number of aromatic nitrogens is 3. The minimum atomic E-state index is -0.516. The van der Waals surface area contributed by atoms with E-state index in [4.69, 9.17) is 9.47 Å². The van der Waals surface area contributed by atoms with E-state index in [2.05, 4.69) is 14.9 Å². The lowest BCUT2D eigenvalue weighted by Gasteiger charge is -2.34. The van der Waals surface area contributed by atoms with Crippen LogP contribution in [-0.2, 0) is 11.8 Å². The van der Waals surface area contributed by atoms with Crippen LogP contribution in [0.3, 0.4) is 0 Å². The molecule has 4 rings (SSSR count). The van der Waals surface area contributed by atoms with Crippen LogP contribution in [0.15, 0.2) is 53.6 Å². The van der Waals surface area contributed by atoms with Gasteiger partial charge >= 0.3 is 0 Å². The normalized spacial score (nSPS) is 16.1. The first-order valence-corrected chi connectivity index (χ1v) is 11.3. The van der Waals surface area contributed by atoms with E-state index in [0.29, 0.717) is 32.3 Å².